The third-order valence-electron chi connectivity index (χ3n) is 9.42. The number of ether oxygens (including phenoxy) is 1. The van der Waals surface area contributed by atoms with Crippen LogP contribution in [-0.4, -0.2) is 50.9 Å². The largest absolute Gasteiger partial charge is 0.507 e. The highest BCUT2D eigenvalue weighted by Crippen LogP contribution is 2.67. The van der Waals surface area contributed by atoms with Crippen molar-refractivity contribution >= 4 is 5.91 Å². The number of phenols is 1. The van der Waals surface area contributed by atoms with Crippen molar-refractivity contribution in [3.63, 3.8) is 0 Å². The van der Waals surface area contributed by atoms with E-state index in [0.717, 1.165) is 19.3 Å². The first-order valence-corrected chi connectivity index (χ1v) is 12.1. The lowest BCUT2D eigenvalue weighted by molar-refractivity contribution is -0.289. The van der Waals surface area contributed by atoms with Crippen LogP contribution >= 0.6 is 0 Å². The molecule has 4 fully saturated rings. The van der Waals surface area contributed by atoms with Gasteiger partial charge in [0.15, 0.2) is 0 Å². The van der Waals surface area contributed by atoms with Gasteiger partial charge in [-0.2, -0.15) is 0 Å². The normalized spacial score (nSPS) is 35.9. The van der Waals surface area contributed by atoms with Crippen LogP contribution in [0, 0.1) is 28.6 Å². The van der Waals surface area contributed by atoms with E-state index in [1.807, 2.05) is 0 Å². The van der Waals surface area contributed by atoms with Gasteiger partial charge in [-0.1, -0.05) is 34.6 Å². The molecule has 5 atom stereocenters. The summed E-state index contributed by atoms with van der Waals surface area (Å²) in [4.78, 5) is 15.3. The second kappa shape index (κ2) is 6.86. The summed E-state index contributed by atoms with van der Waals surface area (Å²) < 4.78 is 6.29. The van der Waals surface area contributed by atoms with Crippen LogP contribution in [-0.2, 0) is 0 Å². The van der Waals surface area contributed by atoms with Gasteiger partial charge in [-0.15, -0.1) is 0 Å². The minimum absolute atomic E-state index is 0.0555. The monoisotopic (exact) mass is 443 g/mol. The van der Waals surface area contributed by atoms with Crippen molar-refractivity contribution in [2.75, 3.05) is 13.1 Å². The molecule has 32 heavy (non-hydrogen) atoms. The summed E-state index contributed by atoms with van der Waals surface area (Å²) in [5.74, 6) is 0.756. The van der Waals surface area contributed by atoms with Crippen LogP contribution in [0.15, 0.2) is 12.1 Å². The van der Waals surface area contributed by atoms with Crippen molar-refractivity contribution < 1.29 is 24.9 Å². The number of piperidine rings is 1. The van der Waals surface area contributed by atoms with Gasteiger partial charge in [0.2, 0.25) is 0 Å². The number of hydrogen-bond acceptors (Lipinski definition) is 5. The highest BCUT2D eigenvalue weighted by Gasteiger charge is 2.70. The van der Waals surface area contributed by atoms with Crippen molar-refractivity contribution in [2.24, 2.45) is 28.6 Å². The molecule has 1 aromatic carbocycles. The van der Waals surface area contributed by atoms with Crippen molar-refractivity contribution in [1.29, 1.82) is 0 Å². The highest BCUT2D eigenvalue weighted by atomic mass is 16.5. The van der Waals surface area contributed by atoms with Crippen LogP contribution in [0.3, 0.4) is 0 Å². The Labute approximate surface area is 190 Å². The summed E-state index contributed by atoms with van der Waals surface area (Å²) >= 11 is 0. The van der Waals surface area contributed by atoms with E-state index >= 15 is 0 Å². The van der Waals surface area contributed by atoms with Gasteiger partial charge < -0.3 is 25.0 Å². The molecule has 6 heteroatoms. The quantitative estimate of drug-likeness (QED) is 0.613. The zero-order valence-corrected chi connectivity index (χ0v) is 19.9. The predicted octanol–water partition coefficient (Wildman–Crippen LogP) is 3.88. The summed E-state index contributed by atoms with van der Waals surface area (Å²) in [6.07, 6.45) is 1.63. The maximum Gasteiger partial charge on any atom is 0.261 e. The molecule has 3 saturated carbocycles. The Morgan fingerprint density at radius 3 is 2.41 bits per heavy atom. The minimum Gasteiger partial charge on any atom is -0.507 e. The first kappa shape index (κ1) is 22.0. The van der Waals surface area contributed by atoms with Crippen molar-refractivity contribution in [3.05, 3.63) is 23.3 Å². The van der Waals surface area contributed by atoms with E-state index in [2.05, 4.69) is 34.6 Å². The summed E-state index contributed by atoms with van der Waals surface area (Å²) in [6.45, 7) is 12.3. The van der Waals surface area contributed by atoms with E-state index in [-0.39, 0.29) is 39.7 Å². The lowest BCUT2D eigenvalue weighted by Crippen LogP contribution is -2.72. The van der Waals surface area contributed by atoms with Crippen molar-refractivity contribution in [1.82, 2.24) is 4.90 Å². The standard InChI is InChI=1S/C26H37NO5/c1-24(2,3)14-8-10-27(11-9-14)23(30)20-17(28)7-6-16-21(20)32-19-13-15-12-18(25(15,4)5)26(19,31)22(16)29/h6-7,14-15,18-19,22,28-29,31H,8-13H2,1-5H3/t15-,18-,19-,22+,26-/m1/s1. The molecule has 0 aromatic heterocycles. The van der Waals surface area contributed by atoms with Gasteiger partial charge in [-0.3, -0.25) is 4.79 Å². The molecule has 2 aliphatic heterocycles. The molecular formula is C26H37NO5. The molecule has 3 aliphatic carbocycles. The molecule has 1 amide bonds. The van der Waals surface area contributed by atoms with E-state index in [0.29, 0.717) is 36.9 Å². The van der Waals surface area contributed by atoms with Crippen LogP contribution in [0.2, 0.25) is 0 Å². The van der Waals surface area contributed by atoms with Gasteiger partial charge in [0.05, 0.1) is 0 Å². The number of aromatic hydroxyl groups is 1. The molecule has 0 spiro atoms. The first-order valence-electron chi connectivity index (χ1n) is 12.1. The molecule has 0 radical (unpaired) electrons. The minimum atomic E-state index is -1.38. The summed E-state index contributed by atoms with van der Waals surface area (Å²) in [7, 11) is 0. The highest BCUT2D eigenvalue weighted by molar-refractivity contribution is 6.00. The molecule has 3 N–H and O–H groups in total. The summed E-state index contributed by atoms with van der Waals surface area (Å²) in [6, 6.07) is 3.03. The number of benzene rings is 1. The van der Waals surface area contributed by atoms with Gasteiger partial charge >= 0.3 is 0 Å². The average Bonchev–Trinajstić information content (AvgIpc) is 2.73. The number of likely N-dealkylation sites (tertiary alicyclic amines) is 1. The van der Waals surface area contributed by atoms with Gasteiger partial charge in [0.25, 0.3) is 5.91 Å². The van der Waals surface area contributed by atoms with E-state index < -0.39 is 17.8 Å². The van der Waals surface area contributed by atoms with E-state index in [4.69, 9.17) is 4.74 Å². The topological polar surface area (TPSA) is 90.2 Å². The number of amides is 1. The predicted molar refractivity (Wildman–Crippen MR) is 121 cm³/mol. The Hall–Kier alpha value is -1.79. The molecule has 5 aliphatic rings. The van der Waals surface area contributed by atoms with Gasteiger partial charge in [-0.05, 0) is 66.4 Å². The Kier molecular flexibility index (Phi) is 4.72. The van der Waals surface area contributed by atoms with Crippen LogP contribution in [0.25, 0.3) is 0 Å². The molecule has 1 aromatic rings. The van der Waals surface area contributed by atoms with Crippen molar-refractivity contribution in [2.45, 2.75) is 78.1 Å². The molecule has 6 rings (SSSR count). The lowest BCUT2D eigenvalue weighted by Gasteiger charge is -2.67. The van der Waals surface area contributed by atoms with E-state index in [1.54, 1.807) is 11.0 Å². The number of fused-ring (bicyclic) bond motifs is 1. The number of hydrogen-bond donors (Lipinski definition) is 3. The smallest absolute Gasteiger partial charge is 0.261 e. The van der Waals surface area contributed by atoms with Gasteiger partial charge in [0.1, 0.15) is 34.9 Å². The summed E-state index contributed by atoms with van der Waals surface area (Å²) in [5, 5.41) is 33.7. The Morgan fingerprint density at radius 1 is 1.16 bits per heavy atom. The second-order valence-corrected chi connectivity index (χ2v) is 12.2. The SMILES string of the molecule is CC(C)(C)C1CCN(C(=O)c2c(O)ccc3c2O[C@@H]2C[C@H]4C[C@H](C4(C)C)[C@]2(O)[C@H]3O)CC1. The maximum absolute atomic E-state index is 13.5. The summed E-state index contributed by atoms with van der Waals surface area (Å²) in [5.41, 5.74) is -0.712. The van der Waals surface area contributed by atoms with E-state index in [1.165, 1.54) is 6.07 Å². The van der Waals surface area contributed by atoms with Crippen LogP contribution in [0.1, 0.15) is 82.3 Å². The molecule has 2 bridgehead atoms. The first-order chi connectivity index (χ1) is 14.9. The zero-order valence-electron chi connectivity index (χ0n) is 19.9. The Bertz CT molecular complexity index is 942. The molecule has 6 nitrogen and oxygen atoms in total. The molecule has 176 valence electrons. The van der Waals surface area contributed by atoms with Crippen LogP contribution < -0.4 is 4.74 Å². The fourth-order valence-electron chi connectivity index (χ4n) is 7.02. The Morgan fingerprint density at radius 2 is 1.81 bits per heavy atom. The third-order valence-corrected chi connectivity index (χ3v) is 9.42. The fraction of sp³-hybridized carbons (Fsp3) is 0.731. The van der Waals surface area contributed by atoms with Crippen molar-refractivity contribution in [3.8, 4) is 11.5 Å². The van der Waals surface area contributed by atoms with Crippen LogP contribution in [0.5, 0.6) is 11.5 Å². The lowest BCUT2D eigenvalue weighted by atomic mass is 9.42. The second-order valence-electron chi connectivity index (χ2n) is 12.2. The number of aliphatic hydroxyl groups is 2. The molecule has 1 saturated heterocycles. The fourth-order valence-corrected chi connectivity index (χ4v) is 7.02. The van der Waals surface area contributed by atoms with Gasteiger partial charge in [0, 0.05) is 18.7 Å². The number of carbonyl (C=O) groups is 1. The van der Waals surface area contributed by atoms with E-state index in [9.17, 15) is 20.1 Å². The molecular weight excluding hydrogens is 406 g/mol. The van der Waals surface area contributed by atoms with Crippen LogP contribution in [0.4, 0.5) is 0 Å². The van der Waals surface area contributed by atoms with Gasteiger partial charge in [-0.25, -0.2) is 0 Å². The number of aliphatic hydroxyl groups excluding tert-OH is 1. The molecule has 2 heterocycles. The number of rotatable bonds is 1. The Balaban J connectivity index is 1.47. The maximum atomic E-state index is 13.5. The number of carbonyl (C=O) groups excluding carboxylic acids is 1. The average molecular weight is 444 g/mol. The zero-order chi connectivity index (χ0) is 23.2. The number of phenolic OH excluding ortho intramolecular Hbond substituents is 1. The number of nitrogens with zero attached hydrogens (tertiary/aromatic N) is 1. The third kappa shape index (κ3) is 2.88. The molecule has 0 unspecified atom stereocenters.